The minimum absolute atomic E-state index is 0.186. The van der Waals surface area contributed by atoms with Gasteiger partial charge < -0.3 is 4.74 Å². The fourth-order valence-corrected chi connectivity index (χ4v) is 4.78. The average Bonchev–Trinajstić information content (AvgIpc) is 3.32. The molecule has 0 spiro atoms. The number of hydrogen-bond donors (Lipinski definition) is 0. The van der Waals surface area contributed by atoms with Crippen LogP contribution in [-0.4, -0.2) is 10.7 Å². The lowest BCUT2D eigenvalue weighted by Gasteiger charge is -2.46. The summed E-state index contributed by atoms with van der Waals surface area (Å²) in [6.07, 6.45) is 0.896. The second-order valence-electron chi connectivity index (χ2n) is 6.72. The van der Waals surface area contributed by atoms with E-state index in [0.29, 0.717) is 0 Å². The van der Waals surface area contributed by atoms with Gasteiger partial charge in [0.2, 0.25) is 5.72 Å². The third-order valence-electron chi connectivity index (χ3n) is 5.12. The Hall–Kier alpha value is -2.11. The van der Waals surface area contributed by atoms with Crippen LogP contribution in [0, 0.1) is 0 Å². The van der Waals surface area contributed by atoms with Crippen molar-refractivity contribution >= 4 is 33.0 Å². The monoisotopic (exact) mass is 424 g/mol. The van der Waals surface area contributed by atoms with Crippen molar-refractivity contribution in [3.05, 3.63) is 86.5 Å². The standard InChI is InChI=1S/C21H17BrN2OS/c1-21(14-8-10-15(22)11-9-14)24-18(16-5-2-3-6-19(16)25-21)13-17(23-24)20-7-4-12-26-20/h2-12,18H,13H2,1H3/t18-,21-/m0/s1. The van der Waals surface area contributed by atoms with Crippen LogP contribution in [0.1, 0.15) is 35.4 Å². The molecular weight excluding hydrogens is 408 g/mol. The lowest BCUT2D eigenvalue weighted by atomic mass is 9.93. The first-order valence-electron chi connectivity index (χ1n) is 8.60. The molecule has 2 aromatic carbocycles. The molecule has 0 unspecified atom stereocenters. The fraction of sp³-hybridized carbons (Fsp3) is 0.190. The highest BCUT2D eigenvalue weighted by Gasteiger charge is 2.48. The van der Waals surface area contributed by atoms with Crippen LogP contribution in [0.25, 0.3) is 0 Å². The third-order valence-corrected chi connectivity index (χ3v) is 6.57. The van der Waals surface area contributed by atoms with E-state index in [-0.39, 0.29) is 6.04 Å². The fourth-order valence-electron chi connectivity index (χ4n) is 3.80. The van der Waals surface area contributed by atoms with Crippen molar-refractivity contribution in [2.45, 2.75) is 25.1 Å². The van der Waals surface area contributed by atoms with Gasteiger partial charge in [0.05, 0.1) is 16.6 Å². The molecule has 0 N–H and O–H groups in total. The molecule has 2 atom stereocenters. The van der Waals surface area contributed by atoms with Crippen molar-refractivity contribution in [1.29, 1.82) is 0 Å². The molecule has 2 aliphatic heterocycles. The Balaban J connectivity index is 1.66. The van der Waals surface area contributed by atoms with Gasteiger partial charge in [-0.25, -0.2) is 5.01 Å². The van der Waals surface area contributed by atoms with Gasteiger partial charge in [0.1, 0.15) is 5.75 Å². The Labute approximate surface area is 165 Å². The zero-order valence-corrected chi connectivity index (χ0v) is 16.6. The van der Waals surface area contributed by atoms with Crippen LogP contribution < -0.4 is 4.74 Å². The maximum absolute atomic E-state index is 6.53. The molecule has 5 heteroatoms. The number of hydrazone groups is 1. The van der Waals surface area contributed by atoms with Gasteiger partial charge in [-0.1, -0.05) is 52.3 Å². The van der Waals surface area contributed by atoms with E-state index in [4.69, 9.17) is 9.84 Å². The van der Waals surface area contributed by atoms with Crippen molar-refractivity contribution in [3.63, 3.8) is 0 Å². The van der Waals surface area contributed by atoms with Crippen molar-refractivity contribution in [3.8, 4) is 5.75 Å². The van der Waals surface area contributed by atoms with Gasteiger partial charge in [-0.05, 0) is 29.6 Å². The van der Waals surface area contributed by atoms with Gasteiger partial charge in [-0.15, -0.1) is 11.3 Å². The number of halogens is 1. The first kappa shape index (κ1) is 16.1. The van der Waals surface area contributed by atoms with E-state index in [1.54, 1.807) is 11.3 Å². The smallest absolute Gasteiger partial charge is 0.221 e. The Morgan fingerprint density at radius 2 is 1.92 bits per heavy atom. The van der Waals surface area contributed by atoms with Crippen LogP contribution in [0.3, 0.4) is 0 Å². The summed E-state index contributed by atoms with van der Waals surface area (Å²) in [4.78, 5) is 1.23. The number of thiophene rings is 1. The minimum Gasteiger partial charge on any atom is -0.462 e. The highest BCUT2D eigenvalue weighted by molar-refractivity contribution is 9.10. The van der Waals surface area contributed by atoms with Gasteiger partial charge in [0.15, 0.2) is 0 Å². The second kappa shape index (κ2) is 5.96. The number of nitrogens with zero attached hydrogens (tertiary/aromatic N) is 2. The Bertz CT molecular complexity index is 984. The van der Waals surface area contributed by atoms with Gasteiger partial charge in [-0.3, -0.25) is 0 Å². The van der Waals surface area contributed by atoms with Crippen molar-refractivity contribution in [2.75, 3.05) is 0 Å². The normalized spacial score (nSPS) is 23.8. The molecule has 2 aliphatic rings. The number of benzene rings is 2. The third kappa shape index (κ3) is 2.42. The topological polar surface area (TPSA) is 24.8 Å². The Morgan fingerprint density at radius 3 is 2.69 bits per heavy atom. The SMILES string of the molecule is C[C@@]1(c2ccc(Br)cc2)Oc2ccccc2[C@@H]2CC(c3cccs3)=NN21. The minimum atomic E-state index is -0.640. The second-order valence-corrected chi connectivity index (χ2v) is 8.58. The van der Waals surface area contributed by atoms with Crippen LogP contribution in [0.15, 0.2) is 75.6 Å². The lowest BCUT2D eigenvalue weighted by Crippen LogP contribution is -2.48. The summed E-state index contributed by atoms with van der Waals surface area (Å²) in [5, 5.41) is 9.28. The average molecular weight is 425 g/mol. The van der Waals surface area contributed by atoms with Crippen LogP contribution in [0.5, 0.6) is 5.75 Å². The molecule has 0 aliphatic carbocycles. The van der Waals surface area contributed by atoms with Crippen LogP contribution in [0.2, 0.25) is 0 Å². The predicted octanol–water partition coefficient (Wildman–Crippen LogP) is 5.93. The molecule has 0 radical (unpaired) electrons. The molecule has 1 aromatic heterocycles. The summed E-state index contributed by atoms with van der Waals surface area (Å²) in [6, 6.07) is 21.1. The van der Waals surface area contributed by atoms with E-state index in [2.05, 4.69) is 87.8 Å². The summed E-state index contributed by atoms with van der Waals surface area (Å²) >= 11 is 5.26. The summed E-state index contributed by atoms with van der Waals surface area (Å²) in [6.45, 7) is 2.11. The molecule has 5 rings (SSSR count). The number of rotatable bonds is 2. The van der Waals surface area contributed by atoms with Gasteiger partial charge in [0.25, 0.3) is 0 Å². The Kier molecular flexibility index (Phi) is 3.69. The molecular formula is C21H17BrN2OS. The van der Waals surface area contributed by atoms with E-state index in [1.807, 2.05) is 6.07 Å². The first-order valence-corrected chi connectivity index (χ1v) is 10.3. The molecule has 3 heterocycles. The molecule has 3 nitrogen and oxygen atoms in total. The maximum Gasteiger partial charge on any atom is 0.221 e. The van der Waals surface area contributed by atoms with Crippen molar-refractivity contribution < 1.29 is 4.74 Å². The maximum atomic E-state index is 6.53. The summed E-state index contributed by atoms with van der Waals surface area (Å²) < 4.78 is 7.59. The van der Waals surface area contributed by atoms with E-state index in [0.717, 1.165) is 27.9 Å². The van der Waals surface area contributed by atoms with Gasteiger partial charge in [0, 0.05) is 28.9 Å². The van der Waals surface area contributed by atoms with Gasteiger partial charge in [-0.2, -0.15) is 5.10 Å². The highest BCUT2D eigenvalue weighted by Crippen LogP contribution is 2.50. The summed E-state index contributed by atoms with van der Waals surface area (Å²) in [7, 11) is 0. The highest BCUT2D eigenvalue weighted by atomic mass is 79.9. The summed E-state index contributed by atoms with van der Waals surface area (Å²) in [5.74, 6) is 0.946. The van der Waals surface area contributed by atoms with Crippen molar-refractivity contribution in [1.82, 2.24) is 5.01 Å². The molecule has 0 saturated heterocycles. The van der Waals surface area contributed by atoms with Crippen molar-refractivity contribution in [2.24, 2.45) is 5.10 Å². The van der Waals surface area contributed by atoms with Crippen LogP contribution in [-0.2, 0) is 5.72 Å². The van der Waals surface area contributed by atoms with Crippen LogP contribution in [0.4, 0.5) is 0 Å². The molecule has 130 valence electrons. The largest absolute Gasteiger partial charge is 0.462 e. The molecule has 0 amide bonds. The summed E-state index contributed by atoms with van der Waals surface area (Å²) in [5.41, 5.74) is 2.79. The zero-order valence-electron chi connectivity index (χ0n) is 14.2. The lowest BCUT2D eigenvalue weighted by molar-refractivity contribution is -0.112. The quantitative estimate of drug-likeness (QED) is 0.509. The molecule has 0 bridgehead atoms. The number of hydrogen-bond acceptors (Lipinski definition) is 4. The first-order chi connectivity index (χ1) is 12.6. The predicted molar refractivity (Wildman–Crippen MR) is 109 cm³/mol. The van der Waals surface area contributed by atoms with Gasteiger partial charge >= 0.3 is 0 Å². The molecule has 0 saturated carbocycles. The van der Waals surface area contributed by atoms with E-state index >= 15 is 0 Å². The number of para-hydroxylation sites is 1. The Morgan fingerprint density at radius 1 is 1.12 bits per heavy atom. The van der Waals surface area contributed by atoms with Crippen LogP contribution >= 0.6 is 27.3 Å². The van der Waals surface area contributed by atoms with E-state index in [9.17, 15) is 0 Å². The number of fused-ring (bicyclic) bond motifs is 3. The molecule has 3 aromatic rings. The zero-order chi connectivity index (χ0) is 17.7. The number of ether oxygens (including phenoxy) is 1. The molecule has 26 heavy (non-hydrogen) atoms. The molecule has 0 fully saturated rings. The van der Waals surface area contributed by atoms with E-state index in [1.165, 1.54) is 10.4 Å². The van der Waals surface area contributed by atoms with E-state index < -0.39 is 5.72 Å².